The summed E-state index contributed by atoms with van der Waals surface area (Å²) in [6, 6.07) is 0. The molecule has 0 radical (unpaired) electrons. The van der Waals surface area contributed by atoms with Crippen LogP contribution in [-0.2, 0) is 19.1 Å². The van der Waals surface area contributed by atoms with E-state index in [9.17, 15) is 9.59 Å². The van der Waals surface area contributed by atoms with Crippen molar-refractivity contribution < 1.29 is 23.5 Å². The Bertz CT molecular complexity index is 784. The molecule has 0 aliphatic heterocycles. The molecule has 0 aliphatic rings. The summed E-state index contributed by atoms with van der Waals surface area (Å²) < 4.78 is 12.3. The highest BCUT2D eigenvalue weighted by Gasteiger charge is 2.18. The number of hydrogen-bond acceptors (Lipinski definition) is 4. The number of esters is 2. The highest BCUT2D eigenvalue weighted by molar-refractivity contribution is 5.70. The quantitative estimate of drug-likeness (QED) is 0.0282. The zero-order valence-electron chi connectivity index (χ0n) is 33.6. The van der Waals surface area contributed by atoms with E-state index in [1.807, 2.05) is 0 Å². The second-order valence-electron chi connectivity index (χ2n) is 15.6. The minimum atomic E-state index is -0.347. The van der Waals surface area contributed by atoms with Crippen molar-refractivity contribution in [1.29, 1.82) is 0 Å². The molecule has 0 heterocycles. The standard InChI is InChI=1S/C44H84NO4/c1-6-8-10-12-14-16-18-20-22-24-26-28-30-32-34-38-43(46)48-41-42(37-36-40-45(3,4)5)49-44(47)39-35-33-31-29-27-25-23-21-19-17-15-13-11-9-7-2/h20-23,42H,6-19,24-41H2,1-5H3/q+1/b22-20-,23-21-/t42-/m1/s1. The van der Waals surface area contributed by atoms with Gasteiger partial charge in [0.05, 0.1) is 27.7 Å². The molecule has 0 aromatic carbocycles. The van der Waals surface area contributed by atoms with Gasteiger partial charge in [-0.3, -0.25) is 9.59 Å². The van der Waals surface area contributed by atoms with E-state index in [1.165, 1.54) is 141 Å². The number of unbranched alkanes of at least 4 members (excludes halogenated alkanes) is 22. The van der Waals surface area contributed by atoms with Gasteiger partial charge >= 0.3 is 11.9 Å². The fourth-order valence-electron chi connectivity index (χ4n) is 6.15. The third-order valence-electron chi connectivity index (χ3n) is 9.37. The van der Waals surface area contributed by atoms with Gasteiger partial charge in [-0.25, -0.2) is 0 Å². The molecule has 0 amide bonds. The Kier molecular flexibility index (Phi) is 35.0. The third kappa shape index (κ3) is 39.0. The highest BCUT2D eigenvalue weighted by atomic mass is 16.6. The molecule has 0 saturated heterocycles. The average molecular weight is 691 g/mol. The van der Waals surface area contributed by atoms with Crippen LogP contribution in [0.3, 0.4) is 0 Å². The molecule has 0 rings (SSSR count). The van der Waals surface area contributed by atoms with Crippen LogP contribution in [0.4, 0.5) is 0 Å². The van der Waals surface area contributed by atoms with Gasteiger partial charge < -0.3 is 14.0 Å². The van der Waals surface area contributed by atoms with Gasteiger partial charge in [0.15, 0.2) is 0 Å². The lowest BCUT2D eigenvalue weighted by Gasteiger charge is -2.25. The molecule has 0 saturated carbocycles. The van der Waals surface area contributed by atoms with Gasteiger partial charge in [-0.1, -0.05) is 141 Å². The summed E-state index contributed by atoms with van der Waals surface area (Å²) in [4.78, 5) is 25.1. The molecule has 49 heavy (non-hydrogen) atoms. The largest absolute Gasteiger partial charge is 0.462 e. The molecule has 0 aliphatic carbocycles. The predicted molar refractivity (Wildman–Crippen MR) is 212 cm³/mol. The summed E-state index contributed by atoms with van der Waals surface area (Å²) in [7, 11) is 6.51. The van der Waals surface area contributed by atoms with E-state index < -0.39 is 0 Å². The van der Waals surface area contributed by atoms with Gasteiger partial charge in [-0.15, -0.1) is 0 Å². The SMILES string of the molecule is CCCCCCCC/C=C\CCCCCCCC(=O)OC[C@@H](CCC[N+](C)(C)C)OC(=O)CCCCCCC/C=C\CCCCCCCC. The van der Waals surface area contributed by atoms with Crippen molar-refractivity contribution in [3.63, 3.8) is 0 Å². The fraction of sp³-hybridized carbons (Fsp3) is 0.864. The van der Waals surface area contributed by atoms with E-state index in [-0.39, 0.29) is 24.6 Å². The fourth-order valence-corrected chi connectivity index (χ4v) is 6.15. The van der Waals surface area contributed by atoms with Crippen molar-refractivity contribution in [2.45, 2.75) is 213 Å². The van der Waals surface area contributed by atoms with E-state index >= 15 is 0 Å². The molecule has 0 spiro atoms. The average Bonchev–Trinajstić information content (AvgIpc) is 3.06. The maximum atomic E-state index is 12.6. The van der Waals surface area contributed by atoms with E-state index in [0.717, 1.165) is 49.6 Å². The van der Waals surface area contributed by atoms with Crippen molar-refractivity contribution in [1.82, 2.24) is 0 Å². The Morgan fingerprint density at radius 3 is 1.27 bits per heavy atom. The summed E-state index contributed by atoms with van der Waals surface area (Å²) in [5.74, 6) is -0.316. The number of quaternary nitrogens is 1. The zero-order chi connectivity index (χ0) is 36.1. The first-order valence-corrected chi connectivity index (χ1v) is 21.2. The van der Waals surface area contributed by atoms with Crippen molar-refractivity contribution in [3.05, 3.63) is 24.3 Å². The van der Waals surface area contributed by atoms with Gasteiger partial charge in [-0.05, 0) is 70.6 Å². The van der Waals surface area contributed by atoms with Crippen LogP contribution in [0, 0.1) is 0 Å². The number of carbonyl (C=O) groups excluding carboxylic acids is 2. The van der Waals surface area contributed by atoms with Crippen molar-refractivity contribution in [3.8, 4) is 0 Å². The first kappa shape index (κ1) is 47.4. The summed E-state index contributed by atoms with van der Waals surface area (Å²) in [5, 5.41) is 0. The second kappa shape index (κ2) is 36.2. The predicted octanol–water partition coefficient (Wildman–Crippen LogP) is 13.0. The molecule has 0 aromatic heterocycles. The van der Waals surface area contributed by atoms with Crippen molar-refractivity contribution in [2.75, 3.05) is 34.3 Å². The lowest BCUT2D eigenvalue weighted by Crippen LogP contribution is -2.36. The molecule has 0 bridgehead atoms. The van der Waals surface area contributed by atoms with E-state index in [2.05, 4.69) is 59.3 Å². The van der Waals surface area contributed by atoms with Crippen LogP contribution in [-0.4, -0.2) is 56.8 Å². The normalized spacial score (nSPS) is 12.7. The highest BCUT2D eigenvalue weighted by Crippen LogP contribution is 2.14. The smallest absolute Gasteiger partial charge is 0.306 e. The lowest BCUT2D eigenvalue weighted by atomic mass is 10.1. The number of hydrogen-bond donors (Lipinski definition) is 0. The monoisotopic (exact) mass is 691 g/mol. The molecule has 0 N–H and O–H groups in total. The van der Waals surface area contributed by atoms with Crippen molar-refractivity contribution >= 4 is 11.9 Å². The van der Waals surface area contributed by atoms with E-state index in [1.54, 1.807) is 0 Å². The summed E-state index contributed by atoms with van der Waals surface area (Å²) >= 11 is 0. The minimum Gasteiger partial charge on any atom is -0.462 e. The Hall–Kier alpha value is -1.62. The zero-order valence-corrected chi connectivity index (χ0v) is 33.6. The molecule has 5 nitrogen and oxygen atoms in total. The maximum Gasteiger partial charge on any atom is 0.306 e. The topological polar surface area (TPSA) is 52.6 Å². The first-order chi connectivity index (χ1) is 23.8. The van der Waals surface area contributed by atoms with Gasteiger partial charge in [0.1, 0.15) is 12.7 Å². The number of carbonyl (C=O) groups is 2. The maximum absolute atomic E-state index is 12.6. The van der Waals surface area contributed by atoms with Crippen molar-refractivity contribution in [2.24, 2.45) is 0 Å². The van der Waals surface area contributed by atoms with Gasteiger partial charge in [-0.2, -0.15) is 0 Å². The number of ether oxygens (including phenoxy) is 2. The van der Waals surface area contributed by atoms with E-state index in [4.69, 9.17) is 9.47 Å². The third-order valence-corrected chi connectivity index (χ3v) is 9.37. The van der Waals surface area contributed by atoms with Crippen LogP contribution in [0.15, 0.2) is 24.3 Å². The molecule has 288 valence electrons. The van der Waals surface area contributed by atoms with Crippen LogP contribution in [0.25, 0.3) is 0 Å². The summed E-state index contributed by atoms with van der Waals surface area (Å²) in [6.07, 6.45) is 43.9. The first-order valence-electron chi connectivity index (χ1n) is 21.2. The molecular formula is C44H84NO4+. The Morgan fingerprint density at radius 2 is 0.857 bits per heavy atom. The number of nitrogens with zero attached hydrogens (tertiary/aromatic N) is 1. The lowest BCUT2D eigenvalue weighted by molar-refractivity contribution is -0.870. The molecule has 0 unspecified atom stereocenters. The Labute approximate surface area is 306 Å². The van der Waals surface area contributed by atoms with Gasteiger partial charge in [0, 0.05) is 19.3 Å². The van der Waals surface area contributed by atoms with Crippen LogP contribution >= 0.6 is 0 Å². The summed E-state index contributed by atoms with van der Waals surface area (Å²) in [6.45, 7) is 5.71. The van der Waals surface area contributed by atoms with Gasteiger partial charge in [0.2, 0.25) is 0 Å². The Morgan fingerprint density at radius 1 is 0.490 bits per heavy atom. The van der Waals surface area contributed by atoms with Gasteiger partial charge in [0.25, 0.3) is 0 Å². The van der Waals surface area contributed by atoms with E-state index in [0.29, 0.717) is 12.8 Å². The molecule has 1 atom stereocenters. The second-order valence-corrected chi connectivity index (χ2v) is 15.6. The molecule has 5 heteroatoms. The Balaban J connectivity index is 4.02. The molecule has 0 fully saturated rings. The minimum absolute atomic E-state index is 0.152. The van der Waals surface area contributed by atoms with Crippen LogP contribution in [0.2, 0.25) is 0 Å². The number of rotatable bonds is 37. The van der Waals surface area contributed by atoms with Crippen LogP contribution in [0.5, 0.6) is 0 Å². The van der Waals surface area contributed by atoms with Crippen LogP contribution in [0.1, 0.15) is 206 Å². The summed E-state index contributed by atoms with van der Waals surface area (Å²) in [5.41, 5.74) is 0. The molecule has 0 aromatic rings. The molecular weight excluding hydrogens is 606 g/mol. The number of allylic oxidation sites excluding steroid dienone is 4. The van der Waals surface area contributed by atoms with Crippen LogP contribution < -0.4 is 0 Å².